The van der Waals surface area contributed by atoms with Crippen molar-refractivity contribution in [1.29, 1.82) is 0 Å². The third kappa shape index (κ3) is 6.35. The Morgan fingerprint density at radius 1 is 1.27 bits per heavy atom. The van der Waals surface area contributed by atoms with Crippen molar-refractivity contribution in [2.24, 2.45) is 5.16 Å². The standard InChI is InChI=1S/C23H20N6O7S4.Na/c1-36-28-15(12-8-38-22(24)25-12)18(32)27-16-19(33)29-17(21(34)35)10(5-37-20(16)29)6-39-23-26-11(7-40-23)9-2-3-13(30)14(31)4-9;/h2-4,7-8,16,20,30-31H,5-6H2,1H3,(H2,24,25)(H,27,32)(H,34,35);/q;+1/p-1/b28-15-;/t16-,20-;/m1./s1. The van der Waals surface area contributed by atoms with E-state index in [-0.39, 0.29) is 69.0 Å². The van der Waals surface area contributed by atoms with E-state index >= 15 is 0 Å². The van der Waals surface area contributed by atoms with Crippen LogP contribution < -0.4 is 45.7 Å². The second kappa shape index (κ2) is 13.0. The number of nitrogen functional groups attached to an aromatic ring is 1. The molecule has 0 bridgehead atoms. The molecule has 208 valence electrons. The minimum Gasteiger partial charge on any atom is -0.543 e. The number of rotatable bonds is 9. The molecule has 5 rings (SSSR count). The zero-order valence-corrected chi connectivity index (χ0v) is 26.7. The summed E-state index contributed by atoms with van der Waals surface area (Å²) in [5.74, 6) is -2.76. The van der Waals surface area contributed by atoms with E-state index in [1.54, 1.807) is 11.4 Å². The van der Waals surface area contributed by atoms with Crippen molar-refractivity contribution in [3.63, 3.8) is 0 Å². The van der Waals surface area contributed by atoms with Crippen LogP contribution in [0.2, 0.25) is 0 Å². The molecule has 2 atom stereocenters. The topological polar surface area (TPSA) is 203 Å². The number of carboxylic acid groups (broad SMARTS) is 1. The number of carboxylic acids is 1. The number of nitrogens with one attached hydrogen (secondary N) is 1. The van der Waals surface area contributed by atoms with E-state index in [0.29, 0.717) is 26.9 Å². The number of carbonyl (C=O) groups is 3. The molecule has 18 heteroatoms. The van der Waals surface area contributed by atoms with Gasteiger partial charge in [0.25, 0.3) is 11.8 Å². The SMILES string of the molecule is CO/N=C(\C(=O)N[C@@H]1C(=O)N2C(C(=O)[O-])=C(CSc3nc(-c4ccc(O)c(O)c4)cs3)CS[C@H]12)c1csc(N)n1.[Na+]. The number of thioether (sulfide) groups is 2. The first kappa shape index (κ1) is 31.1. The minimum absolute atomic E-state index is 0. The number of fused-ring (bicyclic) bond motifs is 1. The van der Waals surface area contributed by atoms with Gasteiger partial charge in [0.05, 0.1) is 17.4 Å². The van der Waals surface area contributed by atoms with Gasteiger partial charge in [-0.1, -0.05) is 16.9 Å². The Bertz CT molecular complexity index is 1580. The number of benzene rings is 1. The molecule has 0 unspecified atom stereocenters. The third-order valence-corrected chi connectivity index (χ3v) is 9.93. The predicted octanol–water partition coefficient (Wildman–Crippen LogP) is -2.19. The Labute approximate surface area is 271 Å². The molecule has 0 aliphatic carbocycles. The van der Waals surface area contributed by atoms with Crippen LogP contribution in [0.15, 0.2) is 49.7 Å². The largest absolute Gasteiger partial charge is 1.00 e. The summed E-state index contributed by atoms with van der Waals surface area (Å²) in [6, 6.07) is 3.40. The second-order valence-electron chi connectivity index (χ2n) is 8.28. The van der Waals surface area contributed by atoms with Crippen LogP contribution in [-0.2, 0) is 19.2 Å². The molecule has 1 aromatic carbocycles. The average molecular weight is 643 g/mol. The second-order valence-corrected chi connectivity index (χ2v) is 12.4. The van der Waals surface area contributed by atoms with Crippen molar-refractivity contribution in [2.75, 3.05) is 24.3 Å². The quantitative estimate of drug-likeness (QED) is 0.0491. The monoisotopic (exact) mass is 642 g/mol. The number of nitrogens with two attached hydrogens (primary N) is 1. The Morgan fingerprint density at radius 2 is 2.05 bits per heavy atom. The number of phenolic OH excluding ortho intramolecular Hbond substituents is 2. The van der Waals surface area contributed by atoms with E-state index in [1.165, 1.54) is 59.5 Å². The van der Waals surface area contributed by atoms with Gasteiger partial charge in [-0.2, -0.15) is 0 Å². The number of aromatic nitrogens is 2. The zero-order valence-electron chi connectivity index (χ0n) is 21.4. The first-order chi connectivity index (χ1) is 19.2. The van der Waals surface area contributed by atoms with Crippen molar-refractivity contribution in [3.05, 3.63) is 45.9 Å². The summed E-state index contributed by atoms with van der Waals surface area (Å²) in [5.41, 5.74) is 7.13. The maximum Gasteiger partial charge on any atom is 1.00 e. The molecule has 0 saturated carbocycles. The van der Waals surface area contributed by atoms with Gasteiger partial charge in [-0.25, -0.2) is 9.97 Å². The number of amides is 2. The molecule has 2 aromatic heterocycles. The summed E-state index contributed by atoms with van der Waals surface area (Å²) in [7, 11) is 1.26. The molecule has 2 aliphatic rings. The first-order valence-corrected chi connectivity index (χ1v) is 15.1. The van der Waals surface area contributed by atoms with Gasteiger partial charge in [0.2, 0.25) is 0 Å². The Hall–Kier alpha value is -2.80. The number of aromatic hydroxyl groups is 2. The average Bonchev–Trinajstić information content (AvgIpc) is 3.59. The maximum atomic E-state index is 13.0. The van der Waals surface area contributed by atoms with Crippen LogP contribution in [0.4, 0.5) is 5.13 Å². The van der Waals surface area contributed by atoms with Crippen LogP contribution in [0.3, 0.4) is 0 Å². The molecule has 1 saturated heterocycles. The van der Waals surface area contributed by atoms with E-state index in [4.69, 9.17) is 10.6 Å². The molecule has 41 heavy (non-hydrogen) atoms. The van der Waals surface area contributed by atoms with Crippen molar-refractivity contribution in [1.82, 2.24) is 20.2 Å². The number of aliphatic carboxylic acids is 1. The first-order valence-electron chi connectivity index (χ1n) is 11.3. The van der Waals surface area contributed by atoms with Gasteiger partial charge in [-0.3, -0.25) is 14.5 Å². The van der Waals surface area contributed by atoms with E-state index in [0.717, 1.165) is 16.2 Å². The Morgan fingerprint density at radius 3 is 2.71 bits per heavy atom. The van der Waals surface area contributed by atoms with Crippen LogP contribution >= 0.6 is 46.2 Å². The normalized spacial score (nSPS) is 18.3. The molecule has 0 radical (unpaired) electrons. The fraction of sp³-hybridized carbons (Fsp3) is 0.217. The van der Waals surface area contributed by atoms with Gasteiger partial charge >= 0.3 is 29.6 Å². The number of anilines is 1. The van der Waals surface area contributed by atoms with Gasteiger partial charge in [0.15, 0.2) is 26.7 Å². The molecular weight excluding hydrogens is 624 g/mol. The molecule has 2 amide bonds. The van der Waals surface area contributed by atoms with Gasteiger partial charge in [0.1, 0.15) is 24.2 Å². The van der Waals surface area contributed by atoms with Crippen LogP contribution in [0.1, 0.15) is 5.69 Å². The fourth-order valence-corrected chi connectivity index (χ4v) is 7.84. The summed E-state index contributed by atoms with van der Waals surface area (Å²) < 4.78 is 0.646. The maximum absolute atomic E-state index is 13.0. The number of β-lactam (4-membered cyclic amide) rings is 1. The van der Waals surface area contributed by atoms with Crippen LogP contribution in [0.25, 0.3) is 11.3 Å². The molecule has 0 spiro atoms. The van der Waals surface area contributed by atoms with Crippen LogP contribution in [0.5, 0.6) is 11.5 Å². The summed E-state index contributed by atoms with van der Waals surface area (Å²) in [4.78, 5) is 52.4. The number of hydrogen-bond acceptors (Lipinski definition) is 15. The Balaban J connectivity index is 0.00000387. The van der Waals surface area contributed by atoms with Crippen LogP contribution in [0, 0.1) is 0 Å². The number of carbonyl (C=O) groups excluding carboxylic acids is 3. The molecule has 13 nitrogen and oxygen atoms in total. The molecule has 1 fully saturated rings. The van der Waals surface area contributed by atoms with Crippen LogP contribution in [-0.4, -0.2) is 78.6 Å². The number of nitrogens with zero attached hydrogens (tertiary/aromatic N) is 4. The molecule has 4 heterocycles. The summed E-state index contributed by atoms with van der Waals surface area (Å²) in [5, 5.41) is 40.5. The fourth-order valence-electron chi connectivity index (χ4n) is 3.97. The summed E-state index contributed by atoms with van der Waals surface area (Å²) in [6.07, 6.45) is 0. The number of thiazole rings is 2. The number of phenols is 2. The van der Waals surface area contributed by atoms with E-state index in [9.17, 15) is 29.7 Å². The predicted molar refractivity (Wildman–Crippen MR) is 149 cm³/mol. The molecule has 2 aliphatic heterocycles. The van der Waals surface area contributed by atoms with Gasteiger partial charge in [0, 0.05) is 27.8 Å². The minimum atomic E-state index is -1.49. The number of oxime groups is 1. The third-order valence-electron chi connectivity index (χ3n) is 5.81. The Kier molecular flexibility index (Phi) is 9.89. The molecular formula is C23H19N6NaO7S4. The molecule has 3 aromatic rings. The van der Waals surface area contributed by atoms with Crippen molar-refractivity contribution < 1.29 is 64.1 Å². The van der Waals surface area contributed by atoms with E-state index in [1.807, 2.05) is 0 Å². The van der Waals surface area contributed by atoms with Gasteiger partial charge in [-0.15, -0.1) is 34.4 Å². The van der Waals surface area contributed by atoms with Crippen molar-refractivity contribution in [3.8, 4) is 22.8 Å². The van der Waals surface area contributed by atoms with Crippen molar-refractivity contribution in [2.45, 2.75) is 15.8 Å². The van der Waals surface area contributed by atoms with Crippen molar-refractivity contribution >= 4 is 74.8 Å². The molecule has 5 N–H and O–H groups in total. The van der Waals surface area contributed by atoms with E-state index < -0.39 is 29.2 Å². The number of hydrogen-bond donors (Lipinski definition) is 4. The smallest absolute Gasteiger partial charge is 0.543 e. The van der Waals surface area contributed by atoms with Gasteiger partial charge < -0.3 is 36.0 Å². The zero-order chi connectivity index (χ0) is 28.6. The van der Waals surface area contributed by atoms with Gasteiger partial charge in [-0.05, 0) is 23.8 Å². The van der Waals surface area contributed by atoms with E-state index in [2.05, 4.69) is 20.4 Å². The summed E-state index contributed by atoms with van der Waals surface area (Å²) >= 11 is 5.06. The summed E-state index contributed by atoms with van der Waals surface area (Å²) in [6.45, 7) is 0.